The topological polar surface area (TPSA) is 9.23 Å². The van der Waals surface area contributed by atoms with Crippen LogP contribution in [-0.2, 0) is 4.74 Å². The maximum atomic E-state index is 5.35. The molecular formula is C12H24O. The van der Waals surface area contributed by atoms with Gasteiger partial charge in [0, 0.05) is 0 Å². The predicted octanol–water partition coefficient (Wildman–Crippen LogP) is 4.29. The van der Waals surface area contributed by atoms with Gasteiger partial charge in [-0.15, -0.1) is 0 Å². The van der Waals surface area contributed by atoms with E-state index in [1.165, 1.54) is 38.5 Å². The van der Waals surface area contributed by atoms with Crippen LogP contribution in [0.15, 0.2) is 12.3 Å². The van der Waals surface area contributed by atoms with E-state index >= 15 is 0 Å². The Morgan fingerprint density at radius 2 is 1.69 bits per heavy atom. The molecule has 0 radical (unpaired) electrons. The van der Waals surface area contributed by atoms with E-state index in [4.69, 9.17) is 4.74 Å². The van der Waals surface area contributed by atoms with E-state index in [-0.39, 0.29) is 0 Å². The Labute approximate surface area is 83.2 Å². The lowest BCUT2D eigenvalue weighted by atomic mass is 10.2. The summed E-state index contributed by atoms with van der Waals surface area (Å²) in [7, 11) is 0. The molecule has 0 spiro atoms. The number of rotatable bonds is 9. The van der Waals surface area contributed by atoms with Gasteiger partial charge in [-0.05, 0) is 25.3 Å². The smallest absolute Gasteiger partial charge is 0.0873 e. The first-order chi connectivity index (χ1) is 6.41. The quantitative estimate of drug-likeness (QED) is 0.384. The monoisotopic (exact) mass is 184 g/mol. The second-order valence-corrected chi connectivity index (χ2v) is 3.45. The molecular weight excluding hydrogens is 160 g/mol. The standard InChI is InChI=1S/C12H24O/c1-3-5-7-9-11-13-12-10-8-6-4-2/h9,11H,3-8,10,12H2,1-2H3/b11-9+. The zero-order chi connectivity index (χ0) is 9.78. The molecule has 0 N–H and O–H groups in total. The normalized spacial score (nSPS) is 10.9. The first kappa shape index (κ1) is 12.5. The van der Waals surface area contributed by atoms with Gasteiger partial charge >= 0.3 is 0 Å². The summed E-state index contributed by atoms with van der Waals surface area (Å²) in [6.45, 7) is 5.33. The van der Waals surface area contributed by atoms with Gasteiger partial charge in [-0.25, -0.2) is 0 Å². The summed E-state index contributed by atoms with van der Waals surface area (Å²) < 4.78 is 5.35. The molecule has 13 heavy (non-hydrogen) atoms. The van der Waals surface area contributed by atoms with Crippen molar-refractivity contribution in [3.63, 3.8) is 0 Å². The second kappa shape index (κ2) is 11.5. The predicted molar refractivity (Wildman–Crippen MR) is 58.8 cm³/mol. The van der Waals surface area contributed by atoms with Crippen LogP contribution >= 0.6 is 0 Å². The summed E-state index contributed by atoms with van der Waals surface area (Å²) in [5, 5.41) is 0. The van der Waals surface area contributed by atoms with Crippen molar-refractivity contribution in [1.29, 1.82) is 0 Å². The Kier molecular flexibility index (Phi) is 11.1. The highest BCUT2D eigenvalue weighted by atomic mass is 16.5. The summed E-state index contributed by atoms with van der Waals surface area (Å²) in [5.74, 6) is 0. The van der Waals surface area contributed by atoms with Crippen molar-refractivity contribution >= 4 is 0 Å². The molecule has 0 atom stereocenters. The summed E-state index contributed by atoms with van der Waals surface area (Å²) in [4.78, 5) is 0. The van der Waals surface area contributed by atoms with E-state index in [9.17, 15) is 0 Å². The van der Waals surface area contributed by atoms with Crippen LogP contribution in [0, 0.1) is 0 Å². The molecule has 0 aromatic rings. The van der Waals surface area contributed by atoms with E-state index in [0.717, 1.165) is 13.0 Å². The molecule has 0 aromatic heterocycles. The molecule has 78 valence electrons. The molecule has 0 heterocycles. The Balaban J connectivity index is 2.93. The molecule has 1 nitrogen and oxygen atoms in total. The molecule has 0 aliphatic rings. The summed E-state index contributed by atoms with van der Waals surface area (Å²) in [5.41, 5.74) is 0. The number of unbranched alkanes of at least 4 members (excludes halogenated alkanes) is 5. The molecule has 0 saturated carbocycles. The van der Waals surface area contributed by atoms with Crippen LogP contribution in [0.3, 0.4) is 0 Å². The van der Waals surface area contributed by atoms with Crippen LogP contribution in [0.25, 0.3) is 0 Å². The number of hydrogen-bond donors (Lipinski definition) is 0. The minimum Gasteiger partial charge on any atom is -0.502 e. The average molecular weight is 184 g/mol. The van der Waals surface area contributed by atoms with Crippen molar-refractivity contribution < 1.29 is 4.74 Å². The maximum absolute atomic E-state index is 5.35. The fourth-order valence-electron chi connectivity index (χ4n) is 1.14. The average Bonchev–Trinajstić information content (AvgIpc) is 2.16. The third-order valence-electron chi connectivity index (χ3n) is 2.03. The molecule has 0 amide bonds. The van der Waals surface area contributed by atoms with Gasteiger partial charge in [0.1, 0.15) is 0 Å². The molecule has 0 aromatic carbocycles. The van der Waals surface area contributed by atoms with Gasteiger partial charge in [0.15, 0.2) is 0 Å². The fraction of sp³-hybridized carbons (Fsp3) is 0.833. The van der Waals surface area contributed by atoms with Gasteiger partial charge < -0.3 is 4.74 Å². The molecule has 0 unspecified atom stereocenters. The lowest BCUT2D eigenvalue weighted by Gasteiger charge is -1.99. The number of allylic oxidation sites excluding steroid dienone is 1. The lowest BCUT2D eigenvalue weighted by Crippen LogP contribution is -1.87. The molecule has 0 bridgehead atoms. The van der Waals surface area contributed by atoms with Crippen molar-refractivity contribution in [1.82, 2.24) is 0 Å². The first-order valence-corrected chi connectivity index (χ1v) is 5.68. The van der Waals surface area contributed by atoms with Crippen LogP contribution in [0.5, 0.6) is 0 Å². The molecule has 0 saturated heterocycles. The molecule has 0 rings (SSSR count). The van der Waals surface area contributed by atoms with E-state index < -0.39 is 0 Å². The highest BCUT2D eigenvalue weighted by Crippen LogP contribution is 1.99. The Morgan fingerprint density at radius 1 is 0.923 bits per heavy atom. The van der Waals surface area contributed by atoms with Crippen molar-refractivity contribution in [2.24, 2.45) is 0 Å². The van der Waals surface area contributed by atoms with Gasteiger partial charge in [-0.2, -0.15) is 0 Å². The van der Waals surface area contributed by atoms with Gasteiger partial charge in [0.05, 0.1) is 12.9 Å². The van der Waals surface area contributed by atoms with Crippen molar-refractivity contribution in [2.75, 3.05) is 6.61 Å². The van der Waals surface area contributed by atoms with E-state index in [1.807, 2.05) is 6.26 Å². The molecule has 1 heteroatoms. The zero-order valence-electron chi connectivity index (χ0n) is 9.22. The van der Waals surface area contributed by atoms with E-state index in [2.05, 4.69) is 19.9 Å². The number of hydrogen-bond acceptors (Lipinski definition) is 1. The van der Waals surface area contributed by atoms with Crippen molar-refractivity contribution in [3.05, 3.63) is 12.3 Å². The van der Waals surface area contributed by atoms with E-state index in [0.29, 0.717) is 0 Å². The third-order valence-corrected chi connectivity index (χ3v) is 2.03. The van der Waals surface area contributed by atoms with Gasteiger partial charge in [-0.1, -0.05) is 39.5 Å². The second-order valence-electron chi connectivity index (χ2n) is 3.45. The minimum absolute atomic E-state index is 0.891. The Morgan fingerprint density at radius 3 is 2.38 bits per heavy atom. The summed E-state index contributed by atoms with van der Waals surface area (Å²) in [6, 6.07) is 0. The lowest BCUT2D eigenvalue weighted by molar-refractivity contribution is 0.239. The Hall–Kier alpha value is -0.460. The van der Waals surface area contributed by atoms with Crippen molar-refractivity contribution in [2.45, 2.75) is 58.8 Å². The maximum Gasteiger partial charge on any atom is 0.0873 e. The van der Waals surface area contributed by atoms with Gasteiger partial charge in [0.25, 0.3) is 0 Å². The molecule has 0 fully saturated rings. The van der Waals surface area contributed by atoms with Crippen LogP contribution < -0.4 is 0 Å². The summed E-state index contributed by atoms with van der Waals surface area (Å²) in [6.07, 6.45) is 12.8. The summed E-state index contributed by atoms with van der Waals surface area (Å²) >= 11 is 0. The van der Waals surface area contributed by atoms with Gasteiger partial charge in [0.2, 0.25) is 0 Å². The highest BCUT2D eigenvalue weighted by molar-refractivity contribution is 4.72. The first-order valence-electron chi connectivity index (χ1n) is 5.68. The van der Waals surface area contributed by atoms with E-state index in [1.54, 1.807) is 0 Å². The molecule has 0 aliphatic heterocycles. The van der Waals surface area contributed by atoms with Crippen LogP contribution in [0.1, 0.15) is 58.8 Å². The van der Waals surface area contributed by atoms with Gasteiger partial charge in [-0.3, -0.25) is 0 Å². The zero-order valence-corrected chi connectivity index (χ0v) is 9.22. The molecule has 0 aliphatic carbocycles. The fourth-order valence-corrected chi connectivity index (χ4v) is 1.14. The third kappa shape index (κ3) is 11.5. The van der Waals surface area contributed by atoms with Crippen molar-refractivity contribution in [3.8, 4) is 0 Å². The van der Waals surface area contributed by atoms with Crippen LogP contribution in [0.4, 0.5) is 0 Å². The number of ether oxygens (including phenoxy) is 1. The van der Waals surface area contributed by atoms with Crippen LogP contribution in [0.2, 0.25) is 0 Å². The minimum atomic E-state index is 0.891. The largest absolute Gasteiger partial charge is 0.502 e. The highest BCUT2D eigenvalue weighted by Gasteiger charge is 1.85. The van der Waals surface area contributed by atoms with Crippen LogP contribution in [-0.4, -0.2) is 6.61 Å². The Bertz CT molecular complexity index is 108. The SMILES string of the molecule is CCCC/C=C/OCCCCCC.